The van der Waals surface area contributed by atoms with E-state index < -0.39 is 0 Å². The fourth-order valence-corrected chi connectivity index (χ4v) is 4.18. The first-order chi connectivity index (χ1) is 13.0. The minimum Gasteiger partial charge on any atom is -0.383 e. The molecule has 1 aliphatic carbocycles. The Bertz CT molecular complexity index is 1160. The van der Waals surface area contributed by atoms with E-state index >= 15 is 0 Å². The molecule has 2 aromatic rings. The van der Waals surface area contributed by atoms with Gasteiger partial charge in [0.2, 0.25) is 0 Å². The van der Waals surface area contributed by atoms with Gasteiger partial charge in [-0.15, -0.1) is 0 Å². The van der Waals surface area contributed by atoms with Crippen molar-refractivity contribution >= 4 is 39.0 Å². The highest BCUT2D eigenvalue weighted by atomic mass is 79.9. The molecule has 6 heteroatoms. The molecule has 0 bridgehead atoms. The number of pyridine rings is 1. The van der Waals surface area contributed by atoms with Crippen LogP contribution in [-0.2, 0) is 18.0 Å². The van der Waals surface area contributed by atoms with Crippen molar-refractivity contribution in [3.63, 3.8) is 0 Å². The predicted molar refractivity (Wildman–Crippen MR) is 107 cm³/mol. The summed E-state index contributed by atoms with van der Waals surface area (Å²) >= 11 is 3.64. The van der Waals surface area contributed by atoms with Crippen LogP contribution in [0.1, 0.15) is 46.0 Å². The van der Waals surface area contributed by atoms with Crippen molar-refractivity contribution in [2.75, 3.05) is 5.73 Å². The van der Waals surface area contributed by atoms with E-state index in [1.54, 1.807) is 0 Å². The van der Waals surface area contributed by atoms with Gasteiger partial charge in [-0.3, -0.25) is 0 Å². The summed E-state index contributed by atoms with van der Waals surface area (Å²) in [6.45, 7) is 4.98. The number of fused-ring (bicyclic) bond motifs is 2. The van der Waals surface area contributed by atoms with Crippen LogP contribution in [0.25, 0.3) is 17.2 Å². The van der Waals surface area contributed by atoms with Gasteiger partial charge in [0.15, 0.2) is 0 Å². The molecule has 0 saturated carbocycles. The Hall–Kier alpha value is -2.93. The van der Waals surface area contributed by atoms with Gasteiger partial charge in [0.05, 0.1) is 30.0 Å². The number of aromatic nitrogens is 1. The van der Waals surface area contributed by atoms with E-state index in [0.717, 1.165) is 37.9 Å². The first-order valence-corrected chi connectivity index (χ1v) is 9.18. The Kier molecular flexibility index (Phi) is 4.11. The number of benzene rings is 1. The fraction of sp³-hybridized carbons (Fsp3) is 0.190. The first-order valence-electron chi connectivity index (χ1n) is 8.39. The highest BCUT2D eigenvalue weighted by Gasteiger charge is 2.30. The number of nitriles is 2. The number of nitrogens with zero attached hydrogens (tertiary/aromatic N) is 3. The zero-order valence-electron chi connectivity index (χ0n) is 14.9. The van der Waals surface area contributed by atoms with Crippen molar-refractivity contribution in [3.8, 4) is 12.1 Å². The maximum atomic E-state index is 9.65. The van der Waals surface area contributed by atoms with Crippen LogP contribution in [0, 0.1) is 29.6 Å². The SMILES string of the molecule is CC1=C(C#N)c2nc(N)c(C#N)c(C)c2C1=Cc1cc2c(cc1Br)COC2. The lowest BCUT2D eigenvalue weighted by Crippen LogP contribution is -2.03. The molecule has 0 atom stereocenters. The summed E-state index contributed by atoms with van der Waals surface area (Å²) in [4.78, 5) is 4.36. The van der Waals surface area contributed by atoms with E-state index in [4.69, 9.17) is 10.5 Å². The van der Waals surface area contributed by atoms with Crippen LogP contribution in [0.5, 0.6) is 0 Å². The van der Waals surface area contributed by atoms with Gasteiger partial charge in [-0.2, -0.15) is 10.5 Å². The Morgan fingerprint density at radius 3 is 2.56 bits per heavy atom. The van der Waals surface area contributed by atoms with E-state index in [1.807, 2.05) is 19.9 Å². The molecule has 1 aliphatic heterocycles. The van der Waals surface area contributed by atoms with Crippen LogP contribution in [0.4, 0.5) is 5.82 Å². The topological polar surface area (TPSA) is 95.7 Å². The third kappa shape index (κ3) is 2.57. The lowest BCUT2D eigenvalue weighted by atomic mass is 9.95. The Morgan fingerprint density at radius 1 is 1.19 bits per heavy atom. The second-order valence-corrected chi connectivity index (χ2v) is 7.49. The van der Waals surface area contributed by atoms with E-state index in [2.05, 4.69) is 45.2 Å². The third-order valence-electron chi connectivity index (χ3n) is 5.12. The van der Waals surface area contributed by atoms with Gasteiger partial charge >= 0.3 is 0 Å². The monoisotopic (exact) mass is 418 g/mol. The normalized spacial score (nSPS) is 16.3. The molecule has 0 unspecified atom stereocenters. The van der Waals surface area contributed by atoms with E-state index in [1.165, 1.54) is 5.56 Å². The second-order valence-electron chi connectivity index (χ2n) is 6.64. The van der Waals surface area contributed by atoms with Gasteiger partial charge in [0.25, 0.3) is 0 Å². The van der Waals surface area contributed by atoms with Gasteiger partial charge in [-0.1, -0.05) is 15.9 Å². The summed E-state index contributed by atoms with van der Waals surface area (Å²) in [6.07, 6.45) is 2.03. The maximum Gasteiger partial charge on any atom is 0.142 e. The smallest absolute Gasteiger partial charge is 0.142 e. The van der Waals surface area contributed by atoms with Gasteiger partial charge in [-0.05, 0) is 65.5 Å². The molecule has 5 nitrogen and oxygen atoms in total. The minimum absolute atomic E-state index is 0.159. The summed E-state index contributed by atoms with van der Waals surface area (Å²) in [7, 11) is 0. The minimum atomic E-state index is 0.159. The molecule has 0 saturated heterocycles. The number of halogens is 1. The zero-order chi connectivity index (χ0) is 19.3. The highest BCUT2D eigenvalue weighted by molar-refractivity contribution is 9.10. The van der Waals surface area contributed by atoms with Crippen LogP contribution < -0.4 is 5.73 Å². The highest BCUT2D eigenvalue weighted by Crippen LogP contribution is 2.44. The van der Waals surface area contributed by atoms with Gasteiger partial charge < -0.3 is 10.5 Å². The molecule has 132 valence electrons. The van der Waals surface area contributed by atoms with Crippen molar-refractivity contribution in [2.24, 2.45) is 0 Å². The lowest BCUT2D eigenvalue weighted by molar-refractivity contribution is 0.134. The average Bonchev–Trinajstić information content (AvgIpc) is 3.18. The zero-order valence-corrected chi connectivity index (χ0v) is 16.4. The van der Waals surface area contributed by atoms with Gasteiger partial charge in [0.1, 0.15) is 18.0 Å². The molecular weight excluding hydrogens is 404 g/mol. The van der Waals surface area contributed by atoms with Crippen LogP contribution >= 0.6 is 15.9 Å². The quantitative estimate of drug-likeness (QED) is 0.735. The lowest BCUT2D eigenvalue weighted by Gasteiger charge is -2.12. The number of anilines is 1. The summed E-state index contributed by atoms with van der Waals surface area (Å²) in [5.41, 5.74) is 14.0. The van der Waals surface area contributed by atoms with Crippen molar-refractivity contribution in [3.05, 3.63) is 61.3 Å². The molecule has 0 spiro atoms. The Balaban J connectivity index is 1.99. The summed E-state index contributed by atoms with van der Waals surface area (Å²) in [5.74, 6) is 0.159. The number of nitrogens with two attached hydrogens (primary N) is 1. The van der Waals surface area contributed by atoms with E-state index in [-0.39, 0.29) is 5.82 Å². The number of hydrogen-bond donors (Lipinski definition) is 1. The van der Waals surface area contributed by atoms with E-state index in [0.29, 0.717) is 30.0 Å². The van der Waals surface area contributed by atoms with Crippen LogP contribution in [-0.4, -0.2) is 4.98 Å². The van der Waals surface area contributed by atoms with Gasteiger partial charge in [-0.25, -0.2) is 4.98 Å². The van der Waals surface area contributed by atoms with Crippen molar-refractivity contribution < 1.29 is 4.74 Å². The number of allylic oxidation sites excluding steroid dienone is 3. The molecule has 2 aliphatic rings. The summed E-state index contributed by atoms with van der Waals surface area (Å²) < 4.78 is 6.47. The standard InChI is InChI=1S/C21H15BrN4O/c1-10-15(4-12-3-13-8-27-9-14(13)5-18(12)22)19-11(2)17(7-24)21(25)26-20(19)16(10)6-23/h3-5H,8-9H2,1-2H3,(H2,25,26). The van der Waals surface area contributed by atoms with Crippen LogP contribution in [0.3, 0.4) is 0 Å². The predicted octanol–water partition coefficient (Wildman–Crippen LogP) is 4.49. The first kappa shape index (κ1) is 17.5. The fourth-order valence-electron chi connectivity index (χ4n) is 3.68. The molecule has 27 heavy (non-hydrogen) atoms. The third-order valence-corrected chi connectivity index (χ3v) is 5.80. The molecule has 0 fully saturated rings. The van der Waals surface area contributed by atoms with E-state index in [9.17, 15) is 10.5 Å². The number of hydrogen-bond acceptors (Lipinski definition) is 5. The average molecular weight is 419 g/mol. The van der Waals surface area contributed by atoms with Gasteiger partial charge in [0, 0.05) is 10.0 Å². The molecule has 2 N–H and O–H groups in total. The molecule has 2 heterocycles. The summed E-state index contributed by atoms with van der Waals surface area (Å²) in [5, 5.41) is 19.1. The Morgan fingerprint density at radius 2 is 1.89 bits per heavy atom. The molecule has 1 aromatic carbocycles. The van der Waals surface area contributed by atoms with Crippen LogP contribution in [0.2, 0.25) is 0 Å². The molecule has 0 radical (unpaired) electrons. The second kappa shape index (κ2) is 6.35. The molecule has 4 rings (SSSR count). The van der Waals surface area contributed by atoms with Crippen molar-refractivity contribution in [1.82, 2.24) is 4.98 Å². The number of rotatable bonds is 1. The number of nitrogen functional groups attached to an aromatic ring is 1. The molecular formula is C21H15BrN4O. The maximum absolute atomic E-state index is 9.65. The largest absolute Gasteiger partial charge is 0.383 e. The van der Waals surface area contributed by atoms with Crippen molar-refractivity contribution in [2.45, 2.75) is 27.1 Å². The van der Waals surface area contributed by atoms with Crippen molar-refractivity contribution in [1.29, 1.82) is 10.5 Å². The Labute approximate surface area is 165 Å². The number of ether oxygens (including phenoxy) is 1. The van der Waals surface area contributed by atoms with Crippen LogP contribution in [0.15, 0.2) is 22.2 Å². The molecule has 1 aromatic heterocycles. The summed E-state index contributed by atoms with van der Waals surface area (Å²) in [6, 6.07) is 8.54. The molecule has 0 amide bonds.